The zero-order valence-corrected chi connectivity index (χ0v) is 11.5. The molecule has 2 aromatic rings. The van der Waals surface area contributed by atoms with Gasteiger partial charge in [0.05, 0.1) is 10.5 Å². The van der Waals surface area contributed by atoms with Crippen LogP contribution in [0.2, 0.25) is 0 Å². The Balaban J connectivity index is 2.30. The highest BCUT2D eigenvalue weighted by molar-refractivity contribution is 9.10. The first-order valence-corrected chi connectivity index (χ1v) is 6.28. The van der Waals surface area contributed by atoms with Crippen molar-refractivity contribution in [2.45, 2.75) is 18.7 Å². The number of nitrogens with zero attached hydrogens (tertiary/aromatic N) is 4. The fourth-order valence-corrected chi connectivity index (χ4v) is 1.51. The molecule has 94 valence electrons. The fourth-order valence-electron chi connectivity index (χ4n) is 1.40. The maximum atomic E-state index is 11.7. The second-order valence-electron chi connectivity index (χ2n) is 3.86. The lowest BCUT2D eigenvalue weighted by Crippen LogP contribution is -2.20. The van der Waals surface area contributed by atoms with Crippen LogP contribution in [0.4, 0.5) is 5.69 Å². The van der Waals surface area contributed by atoms with Gasteiger partial charge in [-0.2, -0.15) is 0 Å². The number of tetrazole rings is 1. The fraction of sp³-hybridized carbons (Fsp3) is 0.273. The number of amides is 1. The Hall–Kier alpha value is -1.76. The number of rotatable bonds is 3. The van der Waals surface area contributed by atoms with E-state index >= 15 is 0 Å². The molecule has 0 saturated carbocycles. The van der Waals surface area contributed by atoms with E-state index in [9.17, 15) is 4.79 Å². The topological polar surface area (TPSA) is 72.7 Å². The molecule has 0 radical (unpaired) electrons. The molecule has 1 amide bonds. The summed E-state index contributed by atoms with van der Waals surface area (Å²) < 4.78 is 1.53. The van der Waals surface area contributed by atoms with E-state index in [1.54, 1.807) is 6.92 Å². The zero-order chi connectivity index (χ0) is 13.1. The maximum absolute atomic E-state index is 11.7. The molecule has 0 bridgehead atoms. The molecule has 2 rings (SSSR count). The van der Waals surface area contributed by atoms with Crippen molar-refractivity contribution in [2.24, 2.45) is 0 Å². The minimum absolute atomic E-state index is 0.0908. The average Bonchev–Trinajstić information content (AvgIpc) is 2.85. The molecular weight excluding hydrogens is 298 g/mol. The minimum atomic E-state index is -0.242. The monoisotopic (exact) mass is 309 g/mol. The van der Waals surface area contributed by atoms with Crippen molar-refractivity contribution in [1.29, 1.82) is 0 Å². The number of aromatic nitrogens is 4. The summed E-state index contributed by atoms with van der Waals surface area (Å²) in [4.78, 5) is 11.4. The van der Waals surface area contributed by atoms with E-state index in [4.69, 9.17) is 0 Å². The van der Waals surface area contributed by atoms with Crippen molar-refractivity contribution in [2.75, 3.05) is 5.32 Å². The van der Waals surface area contributed by atoms with Gasteiger partial charge in [-0.1, -0.05) is 22.0 Å². The predicted octanol–water partition coefficient (Wildman–Crippen LogP) is 1.69. The largest absolute Gasteiger partial charge is 0.325 e. The van der Waals surface area contributed by atoms with Crippen LogP contribution < -0.4 is 5.32 Å². The minimum Gasteiger partial charge on any atom is -0.325 e. The summed E-state index contributed by atoms with van der Waals surface area (Å²) in [7, 11) is 0. The molecule has 0 spiro atoms. The Kier molecular flexibility index (Phi) is 3.71. The average molecular weight is 310 g/mol. The number of nitrogens with one attached hydrogen (secondary N) is 1. The summed E-state index contributed by atoms with van der Waals surface area (Å²) in [5, 5.41) is 13.8. The van der Waals surface area contributed by atoms with Gasteiger partial charge < -0.3 is 5.32 Å². The van der Waals surface area contributed by atoms with E-state index in [1.165, 1.54) is 11.0 Å². The normalized spacial score (nSPS) is 12.2. The quantitative estimate of drug-likeness (QED) is 0.876. The molecular formula is C11H12BrN5O. The third-order valence-corrected chi connectivity index (χ3v) is 2.87. The molecule has 0 aliphatic carbocycles. The summed E-state index contributed by atoms with van der Waals surface area (Å²) in [6.07, 6.45) is 1.50. The van der Waals surface area contributed by atoms with Crippen LogP contribution in [-0.4, -0.2) is 30.9 Å². The molecule has 1 atom stereocenters. The molecule has 0 aliphatic rings. The van der Waals surface area contributed by atoms with Gasteiger partial charge in [-0.05, 0) is 42.0 Å². The molecule has 18 heavy (non-hydrogen) atoms. The molecule has 0 saturated heterocycles. The number of halogens is 1. The van der Waals surface area contributed by atoms with Crippen molar-refractivity contribution in [3.63, 3.8) is 0 Å². The van der Waals surface area contributed by atoms with Gasteiger partial charge in [-0.3, -0.25) is 4.79 Å². The van der Waals surface area contributed by atoms with Gasteiger partial charge in [0.15, 0.2) is 0 Å². The van der Waals surface area contributed by atoms with Gasteiger partial charge in [-0.15, -0.1) is 5.10 Å². The van der Waals surface area contributed by atoms with Crippen LogP contribution in [0.15, 0.2) is 24.5 Å². The van der Waals surface area contributed by atoms with Crippen LogP contribution in [-0.2, 0) is 4.79 Å². The van der Waals surface area contributed by atoms with Gasteiger partial charge in [0.25, 0.3) is 0 Å². The van der Waals surface area contributed by atoms with Gasteiger partial charge >= 0.3 is 0 Å². The lowest BCUT2D eigenvalue weighted by atomic mass is 10.1. The second kappa shape index (κ2) is 5.26. The Morgan fingerprint density at radius 2 is 2.28 bits per heavy atom. The number of benzene rings is 1. The van der Waals surface area contributed by atoms with Crippen LogP contribution >= 0.6 is 15.9 Å². The highest BCUT2D eigenvalue weighted by Crippen LogP contribution is 2.19. The third kappa shape index (κ3) is 2.73. The van der Waals surface area contributed by atoms with Crippen LogP contribution in [0, 0.1) is 6.92 Å². The maximum Gasteiger partial charge on any atom is 0.237 e. The summed E-state index contributed by atoms with van der Waals surface area (Å²) in [6.45, 7) is 3.70. The molecule has 1 unspecified atom stereocenters. The van der Waals surface area contributed by atoms with Gasteiger partial charge in [-0.25, -0.2) is 4.68 Å². The van der Waals surface area contributed by atoms with E-state index in [0.717, 1.165) is 16.9 Å². The Morgan fingerprint density at radius 3 is 2.89 bits per heavy atom. The third-order valence-electron chi connectivity index (χ3n) is 2.45. The summed E-state index contributed by atoms with van der Waals surface area (Å²) in [5.41, 5.74) is 2.52. The van der Waals surface area contributed by atoms with Crippen LogP contribution in [0.25, 0.3) is 5.69 Å². The highest BCUT2D eigenvalue weighted by atomic mass is 79.9. The first-order chi connectivity index (χ1) is 8.58. The van der Waals surface area contributed by atoms with E-state index in [2.05, 4.69) is 36.8 Å². The van der Waals surface area contributed by atoms with E-state index in [0.29, 0.717) is 0 Å². The Bertz CT molecular complexity index is 553. The summed E-state index contributed by atoms with van der Waals surface area (Å²) >= 11 is 3.23. The van der Waals surface area contributed by atoms with Crippen molar-refractivity contribution in [1.82, 2.24) is 20.2 Å². The molecule has 1 aromatic heterocycles. The van der Waals surface area contributed by atoms with Gasteiger partial charge in [0.1, 0.15) is 6.33 Å². The number of hydrogen-bond donors (Lipinski definition) is 1. The van der Waals surface area contributed by atoms with Crippen LogP contribution in [0.1, 0.15) is 12.5 Å². The van der Waals surface area contributed by atoms with E-state index < -0.39 is 0 Å². The SMILES string of the molecule is Cc1ccc(-n2cnnn2)cc1NC(=O)C(C)Br. The standard InChI is InChI=1S/C11H12BrN5O/c1-7-3-4-9(17-6-13-15-16-17)5-10(7)14-11(18)8(2)12/h3-6,8H,1-2H3,(H,14,18). The first-order valence-electron chi connectivity index (χ1n) is 5.37. The molecule has 0 aliphatic heterocycles. The van der Waals surface area contributed by atoms with E-state index in [1.807, 2.05) is 25.1 Å². The molecule has 1 aromatic carbocycles. The summed E-state index contributed by atoms with van der Waals surface area (Å²) in [5.74, 6) is -0.0908. The number of carbonyl (C=O) groups is 1. The first kappa shape index (κ1) is 12.7. The molecule has 7 heteroatoms. The van der Waals surface area contributed by atoms with Crippen LogP contribution in [0.5, 0.6) is 0 Å². The summed E-state index contributed by atoms with van der Waals surface area (Å²) in [6, 6.07) is 5.63. The highest BCUT2D eigenvalue weighted by Gasteiger charge is 2.11. The number of aryl methyl sites for hydroxylation is 1. The van der Waals surface area contributed by atoms with Gasteiger partial charge in [0.2, 0.25) is 5.91 Å². The smallest absolute Gasteiger partial charge is 0.237 e. The predicted molar refractivity (Wildman–Crippen MR) is 70.9 cm³/mol. The van der Waals surface area contributed by atoms with Crippen molar-refractivity contribution < 1.29 is 4.79 Å². The molecule has 1 N–H and O–H groups in total. The van der Waals surface area contributed by atoms with Crippen molar-refractivity contribution >= 4 is 27.5 Å². The van der Waals surface area contributed by atoms with Crippen molar-refractivity contribution in [3.05, 3.63) is 30.1 Å². The molecule has 0 fully saturated rings. The number of hydrogen-bond acceptors (Lipinski definition) is 4. The zero-order valence-electron chi connectivity index (χ0n) is 9.96. The number of alkyl halides is 1. The second-order valence-corrected chi connectivity index (χ2v) is 5.23. The van der Waals surface area contributed by atoms with Crippen molar-refractivity contribution in [3.8, 4) is 5.69 Å². The Labute approximate surface area is 113 Å². The Morgan fingerprint density at radius 1 is 1.50 bits per heavy atom. The number of anilines is 1. The lowest BCUT2D eigenvalue weighted by Gasteiger charge is -2.11. The number of carbonyl (C=O) groups excluding carboxylic acids is 1. The van der Waals surface area contributed by atoms with E-state index in [-0.39, 0.29) is 10.7 Å². The molecule has 1 heterocycles. The van der Waals surface area contributed by atoms with Gasteiger partial charge in [0, 0.05) is 5.69 Å². The lowest BCUT2D eigenvalue weighted by molar-refractivity contribution is -0.115. The molecule has 6 nitrogen and oxygen atoms in total. The van der Waals surface area contributed by atoms with Crippen LogP contribution in [0.3, 0.4) is 0 Å².